The predicted molar refractivity (Wildman–Crippen MR) is 85.1 cm³/mol. The first kappa shape index (κ1) is 16.6. The van der Waals surface area contributed by atoms with Gasteiger partial charge in [-0.2, -0.15) is 0 Å². The molecule has 0 aliphatic carbocycles. The van der Waals surface area contributed by atoms with E-state index in [0.29, 0.717) is 13.1 Å². The Labute approximate surface area is 131 Å². The van der Waals surface area contributed by atoms with Gasteiger partial charge in [-0.15, -0.1) is 0 Å². The van der Waals surface area contributed by atoms with Gasteiger partial charge in [-0.3, -0.25) is 4.90 Å². The molecule has 0 spiro atoms. The Morgan fingerprint density at radius 1 is 1.27 bits per heavy atom. The molecule has 0 radical (unpaired) electrons. The fourth-order valence-corrected chi connectivity index (χ4v) is 2.42. The minimum absolute atomic E-state index is 0.145. The molecule has 6 heteroatoms. The molecule has 1 aliphatic heterocycles. The summed E-state index contributed by atoms with van der Waals surface area (Å²) in [5.41, 5.74) is 0.966. The molecule has 0 atom stereocenters. The fraction of sp³-hybridized carbons (Fsp3) is 0.562. The summed E-state index contributed by atoms with van der Waals surface area (Å²) in [5.74, 6) is 0.787. The molecule has 0 bridgehead atoms. The van der Waals surface area contributed by atoms with Crippen molar-refractivity contribution in [3.63, 3.8) is 0 Å². The van der Waals surface area contributed by atoms with Gasteiger partial charge in [-0.05, 0) is 19.0 Å². The number of hydrogen-bond donors (Lipinski definition) is 2. The normalized spacial score (nSPS) is 15.3. The number of urea groups is 1. The zero-order valence-corrected chi connectivity index (χ0v) is 13.1. The largest absolute Gasteiger partial charge is 0.496 e. The lowest BCUT2D eigenvalue weighted by molar-refractivity contribution is 0.0375. The van der Waals surface area contributed by atoms with Crippen LogP contribution >= 0.6 is 0 Å². The molecule has 1 aromatic rings. The molecule has 122 valence electrons. The molecular weight excluding hydrogens is 282 g/mol. The second kappa shape index (κ2) is 9.27. The van der Waals surface area contributed by atoms with E-state index in [-0.39, 0.29) is 6.03 Å². The fourth-order valence-electron chi connectivity index (χ4n) is 2.42. The molecule has 1 aliphatic rings. The van der Waals surface area contributed by atoms with Crippen LogP contribution in [-0.4, -0.2) is 57.4 Å². The van der Waals surface area contributed by atoms with E-state index < -0.39 is 0 Å². The molecule has 2 N–H and O–H groups in total. The first-order chi connectivity index (χ1) is 10.8. The molecule has 2 amide bonds. The Kier molecular flexibility index (Phi) is 6.99. The van der Waals surface area contributed by atoms with Crippen LogP contribution in [0.3, 0.4) is 0 Å². The number of ether oxygens (including phenoxy) is 2. The highest BCUT2D eigenvalue weighted by atomic mass is 16.5. The van der Waals surface area contributed by atoms with E-state index in [0.717, 1.165) is 50.6 Å². The summed E-state index contributed by atoms with van der Waals surface area (Å²) in [4.78, 5) is 14.1. The average molecular weight is 307 g/mol. The van der Waals surface area contributed by atoms with Crippen molar-refractivity contribution in [3.8, 4) is 5.75 Å². The average Bonchev–Trinajstić information content (AvgIpc) is 2.58. The van der Waals surface area contributed by atoms with Gasteiger partial charge in [0.25, 0.3) is 0 Å². The van der Waals surface area contributed by atoms with Gasteiger partial charge >= 0.3 is 6.03 Å². The number of carbonyl (C=O) groups is 1. The van der Waals surface area contributed by atoms with Gasteiger partial charge in [0.05, 0.1) is 20.3 Å². The summed E-state index contributed by atoms with van der Waals surface area (Å²) in [6.07, 6.45) is 0.947. The molecule has 1 heterocycles. The van der Waals surface area contributed by atoms with E-state index in [1.807, 2.05) is 24.3 Å². The zero-order chi connectivity index (χ0) is 15.6. The predicted octanol–water partition coefficient (Wildman–Crippen LogP) is 1.22. The van der Waals surface area contributed by atoms with Gasteiger partial charge in [0.1, 0.15) is 5.75 Å². The molecule has 0 aromatic heterocycles. The van der Waals surface area contributed by atoms with Gasteiger partial charge in [-0.25, -0.2) is 4.79 Å². The van der Waals surface area contributed by atoms with Crippen molar-refractivity contribution in [2.24, 2.45) is 0 Å². The van der Waals surface area contributed by atoms with Crippen LogP contribution in [-0.2, 0) is 11.3 Å². The maximum atomic E-state index is 11.8. The Morgan fingerprint density at radius 3 is 2.82 bits per heavy atom. The van der Waals surface area contributed by atoms with Gasteiger partial charge in [0.2, 0.25) is 0 Å². The summed E-state index contributed by atoms with van der Waals surface area (Å²) in [7, 11) is 1.63. The van der Waals surface area contributed by atoms with Gasteiger partial charge in [-0.1, -0.05) is 18.2 Å². The molecule has 1 aromatic carbocycles. The van der Waals surface area contributed by atoms with Crippen molar-refractivity contribution >= 4 is 6.03 Å². The number of benzene rings is 1. The number of nitrogens with zero attached hydrogens (tertiary/aromatic N) is 1. The lowest BCUT2D eigenvalue weighted by atomic mass is 10.2. The van der Waals surface area contributed by atoms with Crippen molar-refractivity contribution in [1.29, 1.82) is 0 Å². The maximum Gasteiger partial charge on any atom is 0.315 e. The standard InChI is InChI=1S/C16H25N3O3/c1-21-15-6-3-2-5-14(15)13-18-16(20)17-7-4-8-19-9-11-22-12-10-19/h2-3,5-6H,4,7-13H2,1H3,(H2,17,18,20). The maximum absolute atomic E-state index is 11.8. The Bertz CT molecular complexity index is 462. The number of rotatable bonds is 7. The van der Waals surface area contributed by atoms with Crippen LogP contribution in [0.15, 0.2) is 24.3 Å². The molecule has 22 heavy (non-hydrogen) atoms. The minimum Gasteiger partial charge on any atom is -0.496 e. The van der Waals surface area contributed by atoms with Crippen LogP contribution in [0.4, 0.5) is 4.79 Å². The zero-order valence-electron chi connectivity index (χ0n) is 13.1. The number of methoxy groups -OCH3 is 1. The van der Waals surface area contributed by atoms with Crippen molar-refractivity contribution in [3.05, 3.63) is 29.8 Å². The van der Waals surface area contributed by atoms with Crippen LogP contribution in [0.25, 0.3) is 0 Å². The summed E-state index contributed by atoms with van der Waals surface area (Å²) < 4.78 is 10.6. The minimum atomic E-state index is -0.145. The van der Waals surface area contributed by atoms with Gasteiger partial charge in [0, 0.05) is 31.7 Å². The molecular formula is C16H25N3O3. The Hall–Kier alpha value is -1.79. The molecule has 0 saturated carbocycles. The Balaban J connectivity index is 1.59. The molecule has 1 saturated heterocycles. The molecule has 1 fully saturated rings. The van der Waals surface area contributed by atoms with Crippen molar-refractivity contribution in [2.45, 2.75) is 13.0 Å². The number of para-hydroxylation sites is 1. The topological polar surface area (TPSA) is 62.8 Å². The molecule has 6 nitrogen and oxygen atoms in total. The summed E-state index contributed by atoms with van der Waals surface area (Å²) in [6.45, 7) is 5.73. The van der Waals surface area contributed by atoms with Crippen LogP contribution in [0.1, 0.15) is 12.0 Å². The molecule has 0 unspecified atom stereocenters. The van der Waals surface area contributed by atoms with E-state index >= 15 is 0 Å². The first-order valence-corrected chi connectivity index (χ1v) is 7.73. The van der Waals surface area contributed by atoms with Crippen LogP contribution in [0, 0.1) is 0 Å². The number of hydrogen-bond acceptors (Lipinski definition) is 4. The second-order valence-corrected chi connectivity index (χ2v) is 5.23. The van der Waals surface area contributed by atoms with Crippen molar-refractivity contribution in [2.75, 3.05) is 46.5 Å². The SMILES string of the molecule is COc1ccccc1CNC(=O)NCCCN1CCOCC1. The van der Waals surface area contributed by atoms with Crippen LogP contribution in [0.5, 0.6) is 5.75 Å². The second-order valence-electron chi connectivity index (χ2n) is 5.23. The van der Waals surface area contributed by atoms with Gasteiger partial charge < -0.3 is 20.1 Å². The van der Waals surface area contributed by atoms with E-state index in [2.05, 4.69) is 15.5 Å². The Morgan fingerprint density at radius 2 is 2.05 bits per heavy atom. The van der Waals surface area contributed by atoms with E-state index in [1.54, 1.807) is 7.11 Å². The first-order valence-electron chi connectivity index (χ1n) is 7.73. The number of carbonyl (C=O) groups excluding carboxylic acids is 1. The third-order valence-electron chi connectivity index (χ3n) is 3.67. The molecule has 2 rings (SSSR count). The van der Waals surface area contributed by atoms with Gasteiger partial charge in [0.15, 0.2) is 0 Å². The third kappa shape index (κ3) is 5.54. The van der Waals surface area contributed by atoms with Crippen molar-refractivity contribution < 1.29 is 14.3 Å². The van der Waals surface area contributed by atoms with Crippen molar-refractivity contribution in [1.82, 2.24) is 15.5 Å². The number of nitrogens with one attached hydrogen (secondary N) is 2. The summed E-state index contributed by atoms with van der Waals surface area (Å²) in [6, 6.07) is 7.52. The lowest BCUT2D eigenvalue weighted by Crippen LogP contribution is -2.39. The number of morpholine rings is 1. The highest BCUT2D eigenvalue weighted by molar-refractivity contribution is 5.73. The van der Waals surface area contributed by atoms with Crippen LogP contribution < -0.4 is 15.4 Å². The summed E-state index contributed by atoms with van der Waals surface area (Å²) >= 11 is 0. The monoisotopic (exact) mass is 307 g/mol. The third-order valence-corrected chi connectivity index (χ3v) is 3.67. The number of amides is 2. The quantitative estimate of drug-likeness (QED) is 0.744. The highest BCUT2D eigenvalue weighted by Crippen LogP contribution is 2.16. The van der Waals surface area contributed by atoms with E-state index in [4.69, 9.17) is 9.47 Å². The lowest BCUT2D eigenvalue weighted by Gasteiger charge is -2.26. The van der Waals surface area contributed by atoms with E-state index in [9.17, 15) is 4.79 Å². The van der Waals surface area contributed by atoms with Crippen LogP contribution in [0.2, 0.25) is 0 Å². The summed E-state index contributed by atoms with van der Waals surface area (Å²) in [5, 5.41) is 5.73. The smallest absolute Gasteiger partial charge is 0.315 e. The van der Waals surface area contributed by atoms with E-state index in [1.165, 1.54) is 0 Å². The highest BCUT2D eigenvalue weighted by Gasteiger charge is 2.09.